The molecule has 4 N–H and O–H groups in total. The molecular formula is C30H26F5N5O5. The van der Waals surface area contributed by atoms with Gasteiger partial charge in [-0.25, -0.2) is 27.9 Å². The highest BCUT2D eigenvalue weighted by molar-refractivity contribution is 5.96. The summed E-state index contributed by atoms with van der Waals surface area (Å²) in [5.74, 6) is -4.56. The molecule has 0 fully saturated rings. The van der Waals surface area contributed by atoms with Crippen molar-refractivity contribution in [1.29, 1.82) is 0 Å². The Bertz CT molecular complexity index is 1800. The lowest BCUT2D eigenvalue weighted by atomic mass is 9.98. The molecule has 5 rings (SSSR count). The zero-order valence-electron chi connectivity index (χ0n) is 23.6. The lowest BCUT2D eigenvalue weighted by Crippen LogP contribution is -2.29. The van der Waals surface area contributed by atoms with Crippen molar-refractivity contribution >= 4 is 23.5 Å². The number of nitrogens with one attached hydrogen (secondary N) is 1. The first-order valence-corrected chi connectivity index (χ1v) is 13.3. The van der Waals surface area contributed by atoms with Gasteiger partial charge in [-0.2, -0.15) is 18.3 Å². The lowest BCUT2D eigenvalue weighted by molar-refractivity contribution is -0.140. The minimum atomic E-state index is -4.66. The van der Waals surface area contributed by atoms with E-state index in [1.165, 1.54) is 12.1 Å². The fourth-order valence-corrected chi connectivity index (χ4v) is 4.82. The first kappa shape index (κ1) is 32.7. The first-order chi connectivity index (χ1) is 21.3. The number of aromatic carboxylic acids is 1. The van der Waals surface area contributed by atoms with E-state index in [0.717, 1.165) is 45.6 Å². The van der Waals surface area contributed by atoms with Crippen LogP contribution in [0.3, 0.4) is 0 Å². The van der Waals surface area contributed by atoms with E-state index in [1.54, 1.807) is 12.1 Å². The number of halogens is 5. The maximum Gasteiger partial charge on any atom is 0.419 e. The van der Waals surface area contributed by atoms with Gasteiger partial charge in [0, 0.05) is 12.6 Å². The molecular weight excluding hydrogens is 605 g/mol. The van der Waals surface area contributed by atoms with Crippen LogP contribution < -0.4 is 11.1 Å². The number of esters is 1. The highest BCUT2D eigenvalue weighted by Gasteiger charge is 2.34. The van der Waals surface area contributed by atoms with E-state index in [2.05, 4.69) is 22.0 Å². The summed E-state index contributed by atoms with van der Waals surface area (Å²) in [5, 5.41) is 15.9. The first-order valence-electron chi connectivity index (χ1n) is 13.3. The minimum absolute atomic E-state index is 0.0383. The maximum atomic E-state index is 13.9. The molecule has 0 saturated heterocycles. The highest BCUT2D eigenvalue weighted by atomic mass is 19.4. The molecule has 45 heavy (non-hydrogen) atoms. The number of ether oxygens (including phenoxy) is 1. The van der Waals surface area contributed by atoms with Gasteiger partial charge in [-0.15, -0.1) is 0 Å². The number of nitrogens with zero attached hydrogens (tertiary/aromatic N) is 3. The number of carboxylic acids is 1. The van der Waals surface area contributed by atoms with Crippen molar-refractivity contribution in [3.63, 3.8) is 0 Å². The molecule has 0 bridgehead atoms. The van der Waals surface area contributed by atoms with Crippen LogP contribution in [-0.4, -0.2) is 44.2 Å². The summed E-state index contributed by atoms with van der Waals surface area (Å²) in [5.41, 5.74) is 6.18. The van der Waals surface area contributed by atoms with Crippen LogP contribution in [0.15, 0.2) is 55.3 Å². The molecule has 0 saturated carbocycles. The Morgan fingerprint density at radius 2 is 1.91 bits per heavy atom. The van der Waals surface area contributed by atoms with Crippen molar-refractivity contribution in [2.75, 3.05) is 6.61 Å². The van der Waals surface area contributed by atoms with E-state index in [9.17, 15) is 41.4 Å². The van der Waals surface area contributed by atoms with Crippen LogP contribution in [0.1, 0.15) is 71.6 Å². The van der Waals surface area contributed by atoms with Crippen LogP contribution in [-0.2, 0) is 23.9 Å². The monoisotopic (exact) mass is 631 g/mol. The molecule has 10 nitrogen and oxygen atoms in total. The third-order valence-electron chi connectivity index (χ3n) is 7.00. The molecule has 236 valence electrons. The van der Waals surface area contributed by atoms with Crippen LogP contribution >= 0.6 is 0 Å². The number of carboxylic acid groups (broad SMARTS) is 1. The maximum absolute atomic E-state index is 13.9. The number of fused-ring (bicyclic) bond motifs is 2. The second kappa shape index (κ2) is 13.2. The molecule has 2 heterocycles. The Kier molecular flexibility index (Phi) is 9.61. The van der Waals surface area contributed by atoms with E-state index in [4.69, 9.17) is 10.5 Å². The number of hydrogen-bond acceptors (Lipinski definition) is 7. The molecule has 0 unspecified atom stereocenters. The van der Waals surface area contributed by atoms with Crippen molar-refractivity contribution in [2.24, 2.45) is 5.73 Å². The van der Waals surface area contributed by atoms with Crippen molar-refractivity contribution < 1.29 is 46.2 Å². The van der Waals surface area contributed by atoms with Crippen molar-refractivity contribution in [3.8, 4) is 0 Å². The Morgan fingerprint density at radius 3 is 2.56 bits per heavy atom. The highest BCUT2D eigenvalue weighted by Crippen LogP contribution is 2.35. The zero-order valence-corrected chi connectivity index (χ0v) is 23.6. The Hall–Kier alpha value is -5.18. The van der Waals surface area contributed by atoms with E-state index in [1.807, 2.05) is 6.92 Å². The predicted molar refractivity (Wildman–Crippen MR) is 149 cm³/mol. The molecule has 1 aliphatic rings. The number of nitrogens with two attached hydrogens (primary N) is 1. The summed E-state index contributed by atoms with van der Waals surface area (Å²) >= 11 is 0. The van der Waals surface area contributed by atoms with Gasteiger partial charge in [0.25, 0.3) is 5.91 Å². The number of hydrogen-bond donors (Lipinski definition) is 3. The van der Waals surface area contributed by atoms with E-state index in [-0.39, 0.29) is 36.1 Å². The average molecular weight is 632 g/mol. The third kappa shape index (κ3) is 6.98. The second-order valence-corrected chi connectivity index (χ2v) is 9.83. The Morgan fingerprint density at radius 1 is 1.18 bits per heavy atom. The topological polar surface area (TPSA) is 149 Å². The van der Waals surface area contributed by atoms with Gasteiger partial charge in [0.1, 0.15) is 18.1 Å². The minimum Gasteiger partial charge on any atom is -0.477 e. The number of rotatable bonds is 7. The summed E-state index contributed by atoms with van der Waals surface area (Å²) < 4.78 is 68.9. The second-order valence-electron chi connectivity index (χ2n) is 9.83. The molecule has 1 aliphatic carbocycles. The lowest BCUT2D eigenvalue weighted by Gasteiger charge is -2.16. The number of aromatic nitrogens is 3. The van der Waals surface area contributed by atoms with Gasteiger partial charge < -0.3 is 20.9 Å². The fraction of sp³-hybridized carbons (Fsp3) is 0.233. The number of carbonyl (C=O) groups excluding carboxylic acids is 2. The molecule has 0 spiro atoms. The number of alkyl halides is 3. The average Bonchev–Trinajstić information content (AvgIpc) is 3.59. The summed E-state index contributed by atoms with van der Waals surface area (Å²) in [6, 6.07) is 6.82. The molecule has 1 atom stereocenters. The summed E-state index contributed by atoms with van der Waals surface area (Å²) in [4.78, 5) is 40.3. The number of carbonyl (C=O) groups is 3. The smallest absolute Gasteiger partial charge is 0.419 e. The van der Waals surface area contributed by atoms with Gasteiger partial charge in [0.2, 0.25) is 0 Å². The Labute approximate surface area is 252 Å². The van der Waals surface area contributed by atoms with Crippen LogP contribution in [0, 0.1) is 18.6 Å². The van der Waals surface area contributed by atoms with Crippen LogP contribution in [0.5, 0.6) is 0 Å². The SMILES string of the molecule is C=CCOC(=O)c1ccc2c(c1C)CC[C@@H]2NC(=O)c1cc(C(=O)O)nc2c(F)cnn12.NCc1ccc(F)c(C(F)(F)F)c1. The van der Waals surface area contributed by atoms with Crippen LogP contribution in [0.4, 0.5) is 22.0 Å². The van der Waals surface area contributed by atoms with Crippen molar-refractivity contribution in [2.45, 2.75) is 38.5 Å². The predicted octanol–water partition coefficient (Wildman–Crippen LogP) is 4.94. The van der Waals surface area contributed by atoms with Gasteiger partial charge in [-0.05, 0) is 60.2 Å². The molecule has 2 aromatic carbocycles. The van der Waals surface area contributed by atoms with E-state index in [0.29, 0.717) is 18.4 Å². The summed E-state index contributed by atoms with van der Waals surface area (Å²) in [6.45, 7) is 5.42. The Balaban J connectivity index is 0.000000297. The van der Waals surface area contributed by atoms with Gasteiger partial charge in [0.15, 0.2) is 17.2 Å². The fourth-order valence-electron chi connectivity index (χ4n) is 4.82. The van der Waals surface area contributed by atoms with Crippen molar-refractivity contribution in [3.05, 3.63) is 112 Å². The molecule has 0 radical (unpaired) electrons. The van der Waals surface area contributed by atoms with E-state index >= 15 is 0 Å². The van der Waals surface area contributed by atoms with Gasteiger partial charge in [-0.3, -0.25) is 4.79 Å². The van der Waals surface area contributed by atoms with Gasteiger partial charge in [0.05, 0.1) is 23.4 Å². The van der Waals surface area contributed by atoms with Gasteiger partial charge in [-0.1, -0.05) is 24.8 Å². The quantitative estimate of drug-likeness (QED) is 0.148. The number of benzene rings is 2. The van der Waals surface area contributed by atoms with Crippen LogP contribution in [0.25, 0.3) is 5.65 Å². The molecule has 4 aromatic rings. The number of amides is 1. The third-order valence-corrected chi connectivity index (χ3v) is 7.00. The summed E-state index contributed by atoms with van der Waals surface area (Å²) in [6.07, 6.45) is -1.08. The van der Waals surface area contributed by atoms with Crippen LogP contribution in [0.2, 0.25) is 0 Å². The molecule has 2 aromatic heterocycles. The zero-order chi connectivity index (χ0) is 33.1. The normalized spacial score (nSPS) is 13.9. The summed E-state index contributed by atoms with van der Waals surface area (Å²) in [7, 11) is 0. The molecule has 0 aliphatic heterocycles. The largest absolute Gasteiger partial charge is 0.477 e. The molecule has 15 heteroatoms. The molecule has 1 amide bonds. The van der Waals surface area contributed by atoms with Gasteiger partial charge >= 0.3 is 18.1 Å². The standard InChI is InChI=1S/C22H19FN4O5.C8H7F4N/c1-3-8-32-22(31)13-4-5-14-12(11(13)2)6-7-16(14)26-20(28)18-9-17(21(29)30)25-19-15(23)10-24-27(18)19;9-7-2-1-5(4-13)3-6(7)8(10,11)12/h3-5,9-10,16H,1,6-8H2,2H3,(H,26,28)(H,29,30);1-3H,4,13H2/t16-;/m0./s1. The van der Waals surface area contributed by atoms with Crippen molar-refractivity contribution in [1.82, 2.24) is 19.9 Å². The van der Waals surface area contributed by atoms with E-state index < -0.39 is 46.9 Å².